The second kappa shape index (κ2) is 8.62. The Kier molecular flexibility index (Phi) is 5.67. The molecule has 2 aromatic rings. The fourth-order valence-corrected chi connectivity index (χ4v) is 5.71. The molecule has 3 aliphatic rings. The van der Waals surface area contributed by atoms with Gasteiger partial charge in [-0.05, 0) is 81.4 Å². The molecule has 3 fully saturated rings. The minimum Gasteiger partial charge on any atom is -0.399 e. The molecule has 0 bridgehead atoms. The summed E-state index contributed by atoms with van der Waals surface area (Å²) in [6, 6.07) is 10.1. The molecule has 4 N–H and O–H groups in total. The first-order valence-corrected chi connectivity index (χ1v) is 11.9. The van der Waals surface area contributed by atoms with Crippen molar-refractivity contribution in [2.24, 2.45) is 11.3 Å². The van der Waals surface area contributed by atoms with Gasteiger partial charge in [0.1, 0.15) is 0 Å². The molecule has 1 aromatic carbocycles. The Morgan fingerprint density at radius 3 is 2.25 bits per heavy atom. The maximum Gasteiger partial charge on any atom is 0.233 e. The molecule has 32 heavy (non-hydrogen) atoms. The Balaban J connectivity index is 1.12. The van der Waals surface area contributed by atoms with Crippen LogP contribution >= 0.6 is 0 Å². The normalized spacial score (nSPS) is 22.1. The smallest absolute Gasteiger partial charge is 0.233 e. The Bertz CT molecular complexity index is 945. The largest absolute Gasteiger partial charge is 0.399 e. The molecule has 4 heterocycles. The molecule has 3 aliphatic heterocycles. The summed E-state index contributed by atoms with van der Waals surface area (Å²) in [7, 11) is 0. The number of nitrogens with two attached hydrogens (primary N) is 2. The quantitative estimate of drug-likeness (QED) is 0.719. The Morgan fingerprint density at radius 1 is 0.875 bits per heavy atom. The van der Waals surface area contributed by atoms with E-state index in [0.29, 0.717) is 5.69 Å². The van der Waals surface area contributed by atoms with Gasteiger partial charge in [0.05, 0.1) is 23.0 Å². The molecule has 7 heteroatoms. The van der Waals surface area contributed by atoms with Crippen LogP contribution in [0.2, 0.25) is 0 Å². The summed E-state index contributed by atoms with van der Waals surface area (Å²) >= 11 is 0. The van der Waals surface area contributed by atoms with Crippen molar-refractivity contribution in [1.82, 2.24) is 9.88 Å². The first kappa shape index (κ1) is 21.1. The van der Waals surface area contributed by atoms with E-state index in [0.717, 1.165) is 75.8 Å². The molecule has 1 aromatic heterocycles. The summed E-state index contributed by atoms with van der Waals surface area (Å²) < 4.78 is 0. The summed E-state index contributed by atoms with van der Waals surface area (Å²) in [5.41, 5.74) is 15.0. The van der Waals surface area contributed by atoms with E-state index in [2.05, 4.69) is 26.9 Å². The third kappa shape index (κ3) is 4.13. The third-order valence-corrected chi connectivity index (χ3v) is 7.77. The van der Waals surface area contributed by atoms with Crippen LogP contribution in [0.5, 0.6) is 0 Å². The van der Waals surface area contributed by atoms with Gasteiger partial charge < -0.3 is 26.2 Å². The number of carbonyl (C=O) groups excluding carboxylic acids is 1. The Hall–Kier alpha value is -2.80. The standard InChI is InChI=1S/C25H34N6O/c26-20-1-3-22(4-2-20)30-10-5-19(6-11-30)18-29-12-7-25(8-13-29)9-14-31(24(25)32)23-15-21(27)16-28-17-23/h1-4,15-17,19H,5-14,18,26-27H2. The van der Waals surface area contributed by atoms with Gasteiger partial charge in [-0.15, -0.1) is 0 Å². The Morgan fingerprint density at radius 2 is 1.56 bits per heavy atom. The summed E-state index contributed by atoms with van der Waals surface area (Å²) in [4.78, 5) is 24.4. The zero-order chi connectivity index (χ0) is 22.1. The summed E-state index contributed by atoms with van der Waals surface area (Å²) in [5.74, 6) is 1.00. The lowest BCUT2D eigenvalue weighted by Crippen LogP contribution is -2.47. The van der Waals surface area contributed by atoms with Crippen molar-refractivity contribution in [3.8, 4) is 0 Å². The van der Waals surface area contributed by atoms with Crippen molar-refractivity contribution in [2.75, 3.05) is 60.5 Å². The molecule has 7 nitrogen and oxygen atoms in total. The lowest BCUT2D eigenvalue weighted by molar-refractivity contribution is -0.128. The molecule has 0 unspecified atom stereocenters. The molecule has 0 radical (unpaired) electrons. The van der Waals surface area contributed by atoms with Crippen molar-refractivity contribution >= 4 is 28.7 Å². The first-order valence-electron chi connectivity index (χ1n) is 11.9. The molecule has 0 aliphatic carbocycles. The van der Waals surface area contributed by atoms with Crippen LogP contribution in [0.4, 0.5) is 22.7 Å². The highest BCUT2D eigenvalue weighted by Crippen LogP contribution is 2.43. The molecule has 1 amide bonds. The van der Waals surface area contributed by atoms with E-state index >= 15 is 0 Å². The predicted molar refractivity (Wildman–Crippen MR) is 130 cm³/mol. The van der Waals surface area contributed by atoms with E-state index in [4.69, 9.17) is 11.5 Å². The molecule has 170 valence electrons. The molecule has 0 atom stereocenters. The molecule has 5 rings (SSSR count). The summed E-state index contributed by atoms with van der Waals surface area (Å²) in [6.45, 7) is 6.18. The molecular formula is C25H34N6O. The van der Waals surface area contributed by atoms with Crippen LogP contribution in [0.1, 0.15) is 32.1 Å². The number of anilines is 4. The number of hydrogen-bond donors (Lipinski definition) is 2. The van der Waals surface area contributed by atoms with Gasteiger partial charge in [0.15, 0.2) is 0 Å². The number of piperidine rings is 2. The number of nitrogens with zero attached hydrogens (tertiary/aromatic N) is 4. The van der Waals surface area contributed by atoms with Crippen LogP contribution < -0.4 is 21.3 Å². The van der Waals surface area contributed by atoms with E-state index in [1.54, 1.807) is 12.4 Å². The van der Waals surface area contributed by atoms with E-state index < -0.39 is 0 Å². The van der Waals surface area contributed by atoms with Crippen molar-refractivity contribution in [3.05, 3.63) is 42.7 Å². The number of carbonyl (C=O) groups is 1. The molecule has 0 saturated carbocycles. The van der Waals surface area contributed by atoms with E-state index in [9.17, 15) is 4.79 Å². The van der Waals surface area contributed by atoms with Gasteiger partial charge in [-0.1, -0.05) is 0 Å². The molecular weight excluding hydrogens is 400 g/mol. The number of aromatic nitrogens is 1. The van der Waals surface area contributed by atoms with Crippen molar-refractivity contribution < 1.29 is 4.79 Å². The zero-order valence-electron chi connectivity index (χ0n) is 18.7. The average Bonchev–Trinajstić information content (AvgIpc) is 3.12. The zero-order valence-corrected chi connectivity index (χ0v) is 18.7. The summed E-state index contributed by atoms with van der Waals surface area (Å²) in [5, 5.41) is 0. The van der Waals surface area contributed by atoms with Crippen molar-refractivity contribution in [1.29, 1.82) is 0 Å². The monoisotopic (exact) mass is 434 g/mol. The number of likely N-dealkylation sites (tertiary alicyclic amines) is 1. The first-order chi connectivity index (χ1) is 15.5. The fraction of sp³-hybridized carbons (Fsp3) is 0.520. The number of amides is 1. The minimum absolute atomic E-state index is 0.195. The predicted octanol–water partition coefficient (Wildman–Crippen LogP) is 2.98. The van der Waals surface area contributed by atoms with Crippen LogP contribution in [0, 0.1) is 11.3 Å². The van der Waals surface area contributed by atoms with Crippen LogP contribution in [0.3, 0.4) is 0 Å². The molecule has 1 spiro atoms. The average molecular weight is 435 g/mol. The lowest BCUT2D eigenvalue weighted by Gasteiger charge is -2.41. The van der Waals surface area contributed by atoms with Crippen LogP contribution in [0.15, 0.2) is 42.7 Å². The van der Waals surface area contributed by atoms with Gasteiger partial charge in [0.2, 0.25) is 5.91 Å². The fourth-order valence-electron chi connectivity index (χ4n) is 5.71. The van der Waals surface area contributed by atoms with Gasteiger partial charge in [-0.25, -0.2) is 0 Å². The van der Waals surface area contributed by atoms with Crippen LogP contribution in [0.25, 0.3) is 0 Å². The van der Waals surface area contributed by atoms with E-state index in [1.165, 1.54) is 18.5 Å². The molecule has 3 saturated heterocycles. The maximum atomic E-state index is 13.3. The highest BCUT2D eigenvalue weighted by atomic mass is 16.2. The number of benzene rings is 1. The van der Waals surface area contributed by atoms with Gasteiger partial charge in [0, 0.05) is 43.8 Å². The highest BCUT2D eigenvalue weighted by Gasteiger charge is 2.48. The van der Waals surface area contributed by atoms with E-state index in [-0.39, 0.29) is 11.3 Å². The maximum absolute atomic E-state index is 13.3. The number of pyridine rings is 1. The SMILES string of the molecule is Nc1ccc(N2CCC(CN3CCC4(CC3)CCN(c3cncc(N)c3)C4=O)CC2)cc1. The van der Waals surface area contributed by atoms with Crippen LogP contribution in [-0.4, -0.2) is 55.1 Å². The number of nitrogen functional groups attached to an aromatic ring is 2. The highest BCUT2D eigenvalue weighted by molar-refractivity contribution is 6.00. The second-order valence-electron chi connectivity index (χ2n) is 9.79. The number of hydrogen-bond acceptors (Lipinski definition) is 6. The topological polar surface area (TPSA) is 91.7 Å². The van der Waals surface area contributed by atoms with Crippen LogP contribution in [-0.2, 0) is 4.79 Å². The van der Waals surface area contributed by atoms with Gasteiger partial charge in [-0.2, -0.15) is 0 Å². The van der Waals surface area contributed by atoms with Gasteiger partial charge in [0.25, 0.3) is 0 Å². The van der Waals surface area contributed by atoms with Crippen molar-refractivity contribution in [3.63, 3.8) is 0 Å². The van der Waals surface area contributed by atoms with Gasteiger partial charge >= 0.3 is 0 Å². The second-order valence-corrected chi connectivity index (χ2v) is 9.79. The number of rotatable bonds is 4. The Labute approximate surface area is 190 Å². The van der Waals surface area contributed by atoms with Gasteiger partial charge in [-0.3, -0.25) is 9.78 Å². The van der Waals surface area contributed by atoms with Crippen molar-refractivity contribution in [2.45, 2.75) is 32.1 Å². The minimum atomic E-state index is -0.195. The lowest BCUT2D eigenvalue weighted by atomic mass is 9.77. The van der Waals surface area contributed by atoms with E-state index in [1.807, 2.05) is 23.1 Å². The third-order valence-electron chi connectivity index (χ3n) is 7.77. The summed E-state index contributed by atoms with van der Waals surface area (Å²) in [6.07, 6.45) is 8.68.